The Balaban J connectivity index is 2.32. The first-order valence-corrected chi connectivity index (χ1v) is 4.55. The summed E-state index contributed by atoms with van der Waals surface area (Å²) in [6, 6.07) is 6.59. The van der Waals surface area contributed by atoms with Gasteiger partial charge < -0.3 is 0 Å². The summed E-state index contributed by atoms with van der Waals surface area (Å²) in [6.45, 7) is 4.44. The normalized spacial score (nSPS) is 10.4. The molecule has 11 heavy (non-hydrogen) atoms. The Hall–Kier alpha value is -0.650. The van der Waals surface area contributed by atoms with Gasteiger partial charge in [-0.05, 0) is 0 Å². The lowest BCUT2D eigenvalue weighted by Gasteiger charge is -2.05. The molecular formula is C11H17-. The van der Waals surface area contributed by atoms with Gasteiger partial charge in [0.25, 0.3) is 0 Å². The molecule has 0 saturated heterocycles. The zero-order valence-corrected chi connectivity index (χ0v) is 7.56. The minimum Gasteiger partial charge on any atom is -0.211 e. The van der Waals surface area contributed by atoms with E-state index in [0.29, 0.717) is 0 Å². The van der Waals surface area contributed by atoms with E-state index in [4.69, 9.17) is 0 Å². The van der Waals surface area contributed by atoms with E-state index in [9.17, 15) is 0 Å². The third-order valence-corrected chi connectivity index (χ3v) is 2.20. The molecular weight excluding hydrogens is 132 g/mol. The quantitative estimate of drug-likeness (QED) is 0.454. The molecule has 0 bridgehead atoms. The van der Waals surface area contributed by atoms with E-state index >= 15 is 0 Å². The van der Waals surface area contributed by atoms with Gasteiger partial charge in [-0.2, -0.15) is 23.3 Å². The van der Waals surface area contributed by atoms with Crippen molar-refractivity contribution in [2.45, 2.75) is 39.5 Å². The Morgan fingerprint density at radius 1 is 1.36 bits per heavy atom. The number of aryl methyl sites for hydroxylation is 2. The second kappa shape index (κ2) is 4.27. The van der Waals surface area contributed by atoms with Crippen LogP contribution >= 0.6 is 0 Å². The van der Waals surface area contributed by atoms with Gasteiger partial charge in [0.1, 0.15) is 0 Å². The van der Waals surface area contributed by atoms with Crippen molar-refractivity contribution >= 4 is 0 Å². The molecule has 0 saturated carbocycles. The number of rotatable bonds is 4. The molecule has 0 aliphatic rings. The lowest BCUT2D eigenvalue weighted by Crippen LogP contribution is -1.84. The summed E-state index contributed by atoms with van der Waals surface area (Å²) >= 11 is 0. The van der Waals surface area contributed by atoms with Crippen molar-refractivity contribution in [3.8, 4) is 0 Å². The molecule has 0 atom stereocenters. The second-order valence-electron chi connectivity index (χ2n) is 3.19. The van der Waals surface area contributed by atoms with Gasteiger partial charge in [-0.1, -0.05) is 39.5 Å². The van der Waals surface area contributed by atoms with Crippen molar-refractivity contribution in [3.63, 3.8) is 0 Å². The fourth-order valence-electron chi connectivity index (χ4n) is 1.39. The number of hydrogen-bond donors (Lipinski definition) is 0. The first kappa shape index (κ1) is 8.45. The van der Waals surface area contributed by atoms with Crippen LogP contribution in [0.15, 0.2) is 18.2 Å². The Kier molecular flexibility index (Phi) is 3.28. The fraction of sp³-hybridized carbons (Fsp3) is 0.545. The average molecular weight is 149 g/mol. The van der Waals surface area contributed by atoms with Crippen LogP contribution in [0.3, 0.4) is 0 Å². The lowest BCUT2D eigenvalue weighted by molar-refractivity contribution is 0.716. The van der Waals surface area contributed by atoms with Crippen molar-refractivity contribution in [1.82, 2.24) is 0 Å². The molecule has 1 aromatic carbocycles. The summed E-state index contributed by atoms with van der Waals surface area (Å²) in [4.78, 5) is 0. The highest BCUT2D eigenvalue weighted by Gasteiger charge is 1.88. The van der Waals surface area contributed by atoms with Crippen molar-refractivity contribution < 1.29 is 0 Å². The molecule has 0 heteroatoms. The third-order valence-electron chi connectivity index (χ3n) is 2.20. The summed E-state index contributed by atoms with van der Waals surface area (Å²) in [6.07, 6.45) is 5.30. The van der Waals surface area contributed by atoms with Gasteiger partial charge in [-0.15, -0.1) is 0 Å². The molecule has 0 fully saturated rings. The summed E-state index contributed by atoms with van der Waals surface area (Å²) in [5, 5.41) is 0. The van der Waals surface area contributed by atoms with Gasteiger partial charge in [-0.3, -0.25) is 0 Å². The Bertz CT molecular complexity index is 196. The fourth-order valence-corrected chi connectivity index (χ4v) is 1.39. The van der Waals surface area contributed by atoms with Crippen LogP contribution in [0.4, 0.5) is 0 Å². The van der Waals surface area contributed by atoms with E-state index in [2.05, 4.69) is 32.0 Å². The SMILES string of the molecule is CCCCCc1[cH-]ccc1C. The van der Waals surface area contributed by atoms with Crippen LogP contribution in [0, 0.1) is 6.92 Å². The summed E-state index contributed by atoms with van der Waals surface area (Å²) in [5.74, 6) is 0. The van der Waals surface area contributed by atoms with Gasteiger partial charge >= 0.3 is 0 Å². The van der Waals surface area contributed by atoms with Gasteiger partial charge in [0.2, 0.25) is 0 Å². The molecule has 1 aromatic rings. The Morgan fingerprint density at radius 2 is 2.18 bits per heavy atom. The van der Waals surface area contributed by atoms with Crippen LogP contribution in [-0.4, -0.2) is 0 Å². The van der Waals surface area contributed by atoms with Crippen molar-refractivity contribution in [2.75, 3.05) is 0 Å². The summed E-state index contributed by atoms with van der Waals surface area (Å²) < 4.78 is 0. The van der Waals surface area contributed by atoms with Gasteiger partial charge in [0.15, 0.2) is 0 Å². The standard InChI is InChI=1S/C11H17/c1-3-4-5-8-11-9-6-7-10(11)2/h6-7,9H,3-5,8H2,1-2H3/q-1. The first-order valence-electron chi connectivity index (χ1n) is 4.55. The zero-order valence-electron chi connectivity index (χ0n) is 7.56. The second-order valence-corrected chi connectivity index (χ2v) is 3.19. The van der Waals surface area contributed by atoms with Crippen molar-refractivity contribution in [2.24, 2.45) is 0 Å². The molecule has 0 nitrogen and oxygen atoms in total. The van der Waals surface area contributed by atoms with E-state index in [0.717, 1.165) is 0 Å². The Labute approximate surface area is 69.6 Å². The largest absolute Gasteiger partial charge is 0.211 e. The molecule has 0 aliphatic carbocycles. The number of hydrogen-bond acceptors (Lipinski definition) is 0. The zero-order chi connectivity index (χ0) is 8.10. The highest BCUT2D eigenvalue weighted by atomic mass is 14.0. The van der Waals surface area contributed by atoms with Crippen molar-refractivity contribution in [1.29, 1.82) is 0 Å². The smallest absolute Gasteiger partial charge is 0.0512 e. The van der Waals surface area contributed by atoms with Crippen LogP contribution < -0.4 is 0 Å². The van der Waals surface area contributed by atoms with Gasteiger partial charge in [-0.25, -0.2) is 6.07 Å². The van der Waals surface area contributed by atoms with Gasteiger partial charge in [0, 0.05) is 0 Å². The van der Waals surface area contributed by atoms with E-state index < -0.39 is 0 Å². The molecule has 0 radical (unpaired) electrons. The topological polar surface area (TPSA) is 0 Å². The van der Waals surface area contributed by atoms with Crippen LogP contribution in [0.25, 0.3) is 0 Å². The Morgan fingerprint density at radius 3 is 2.73 bits per heavy atom. The van der Waals surface area contributed by atoms with E-state index in [1.807, 2.05) is 0 Å². The molecule has 0 heterocycles. The molecule has 0 unspecified atom stereocenters. The van der Waals surface area contributed by atoms with E-state index in [-0.39, 0.29) is 0 Å². The molecule has 62 valence electrons. The maximum absolute atomic E-state index is 2.25. The first-order chi connectivity index (χ1) is 5.34. The van der Waals surface area contributed by atoms with Crippen LogP contribution in [0.1, 0.15) is 37.3 Å². The molecule has 0 N–H and O–H groups in total. The minimum atomic E-state index is 1.27. The molecule has 1 rings (SSSR count). The molecule has 0 spiro atoms. The van der Waals surface area contributed by atoms with Gasteiger partial charge in [0.05, 0.1) is 0 Å². The minimum absolute atomic E-state index is 1.27. The highest BCUT2D eigenvalue weighted by Crippen LogP contribution is 2.12. The summed E-state index contributed by atoms with van der Waals surface area (Å²) in [5.41, 5.74) is 3.00. The monoisotopic (exact) mass is 149 g/mol. The summed E-state index contributed by atoms with van der Waals surface area (Å²) in [7, 11) is 0. The maximum Gasteiger partial charge on any atom is -0.0512 e. The predicted molar refractivity (Wildman–Crippen MR) is 50.0 cm³/mol. The van der Waals surface area contributed by atoms with Crippen LogP contribution in [0.2, 0.25) is 0 Å². The maximum atomic E-state index is 2.25. The average Bonchev–Trinajstić information content (AvgIpc) is 2.37. The van der Waals surface area contributed by atoms with E-state index in [1.54, 1.807) is 5.56 Å². The predicted octanol–water partition coefficient (Wildman–Crippen LogP) is 3.45. The van der Waals surface area contributed by atoms with E-state index in [1.165, 1.54) is 31.2 Å². The highest BCUT2D eigenvalue weighted by molar-refractivity contribution is 5.27. The molecule has 0 amide bonds. The van der Waals surface area contributed by atoms with Crippen LogP contribution in [0.5, 0.6) is 0 Å². The lowest BCUT2D eigenvalue weighted by atomic mass is 10.1. The number of unbranched alkanes of at least 4 members (excludes halogenated alkanes) is 2. The van der Waals surface area contributed by atoms with Crippen molar-refractivity contribution in [3.05, 3.63) is 29.3 Å². The third kappa shape index (κ3) is 2.45. The molecule has 0 aromatic heterocycles. The van der Waals surface area contributed by atoms with Crippen LogP contribution in [-0.2, 0) is 6.42 Å². The molecule has 0 aliphatic heterocycles.